The van der Waals surface area contributed by atoms with E-state index in [1.165, 1.54) is 77.0 Å². The monoisotopic (exact) mass is 744 g/mol. The van der Waals surface area contributed by atoms with Gasteiger partial charge in [-0.15, -0.1) is 0 Å². The lowest BCUT2D eigenvalue weighted by molar-refractivity contribution is -0.151. The lowest BCUT2D eigenvalue weighted by atomic mass is 10.0. The van der Waals surface area contributed by atoms with E-state index in [-0.39, 0.29) is 24.9 Å². The molecule has 0 fully saturated rings. The van der Waals surface area contributed by atoms with Crippen LogP contribution in [0.25, 0.3) is 0 Å². The number of hydrogen-bond donors (Lipinski definition) is 3. The summed E-state index contributed by atoms with van der Waals surface area (Å²) in [5.74, 6) is -0.508. The van der Waals surface area contributed by atoms with Gasteiger partial charge in [0.15, 0.2) is 0 Å². The first-order valence-electron chi connectivity index (χ1n) is 22.4. The maximum atomic E-state index is 13.1. The minimum atomic E-state index is -0.792. The molecule has 308 valence electrons. The zero-order valence-corrected chi connectivity index (χ0v) is 34.9. The van der Waals surface area contributed by atoms with Crippen LogP contribution in [0.5, 0.6) is 0 Å². The van der Waals surface area contributed by atoms with Crippen molar-refractivity contribution in [3.63, 3.8) is 0 Å². The largest absolute Gasteiger partial charge is 0.462 e. The predicted molar refractivity (Wildman–Crippen MR) is 227 cm³/mol. The first-order valence-corrected chi connectivity index (χ1v) is 22.4. The average Bonchev–Trinajstić information content (AvgIpc) is 3.15. The number of carbonyl (C=O) groups excluding carboxylic acids is 2. The molecule has 3 atom stereocenters. The third-order valence-electron chi connectivity index (χ3n) is 9.95. The van der Waals surface area contributed by atoms with Crippen molar-refractivity contribution in [2.45, 2.75) is 232 Å². The first kappa shape index (κ1) is 50.8. The summed E-state index contributed by atoms with van der Waals surface area (Å²) in [7, 11) is 0. The molecule has 0 aromatic carbocycles. The number of ether oxygens (including phenoxy) is 1. The average molecular weight is 744 g/mol. The molecule has 0 aliphatic carbocycles. The van der Waals surface area contributed by atoms with Crippen LogP contribution in [0.2, 0.25) is 0 Å². The molecule has 0 aliphatic heterocycles. The molecule has 0 aromatic heterocycles. The van der Waals surface area contributed by atoms with Crippen molar-refractivity contribution < 1.29 is 24.5 Å². The summed E-state index contributed by atoms with van der Waals surface area (Å²) in [4.78, 5) is 25.9. The van der Waals surface area contributed by atoms with E-state index in [0.29, 0.717) is 19.3 Å². The number of rotatable bonds is 39. The Hall–Kier alpha value is -2.18. The van der Waals surface area contributed by atoms with Crippen molar-refractivity contribution in [1.29, 1.82) is 0 Å². The Morgan fingerprint density at radius 2 is 1.04 bits per heavy atom. The van der Waals surface area contributed by atoms with E-state index >= 15 is 0 Å². The van der Waals surface area contributed by atoms with Gasteiger partial charge in [0.05, 0.1) is 25.2 Å². The Labute approximate surface area is 327 Å². The third-order valence-corrected chi connectivity index (χ3v) is 9.95. The van der Waals surface area contributed by atoms with Crippen molar-refractivity contribution in [2.75, 3.05) is 6.61 Å². The highest BCUT2D eigenvalue weighted by atomic mass is 16.5. The van der Waals surface area contributed by atoms with Crippen molar-refractivity contribution in [1.82, 2.24) is 5.32 Å². The van der Waals surface area contributed by atoms with E-state index in [4.69, 9.17) is 4.74 Å². The van der Waals surface area contributed by atoms with Gasteiger partial charge in [-0.3, -0.25) is 9.59 Å². The molecule has 3 unspecified atom stereocenters. The van der Waals surface area contributed by atoms with Gasteiger partial charge in [-0.2, -0.15) is 0 Å². The summed E-state index contributed by atoms with van der Waals surface area (Å²) in [6.07, 6.45) is 47.4. The Morgan fingerprint density at radius 3 is 1.62 bits per heavy atom. The van der Waals surface area contributed by atoms with E-state index in [2.05, 4.69) is 74.7 Å². The van der Waals surface area contributed by atoms with Gasteiger partial charge in [0.25, 0.3) is 0 Å². The van der Waals surface area contributed by atoms with E-state index in [9.17, 15) is 19.8 Å². The van der Waals surface area contributed by atoms with Gasteiger partial charge < -0.3 is 20.3 Å². The summed E-state index contributed by atoms with van der Waals surface area (Å²) in [6, 6.07) is -0.707. The van der Waals surface area contributed by atoms with Crippen LogP contribution in [0, 0.1) is 0 Å². The number of aliphatic hydroxyl groups excluding tert-OH is 2. The van der Waals surface area contributed by atoms with Gasteiger partial charge in [0.2, 0.25) is 5.91 Å². The van der Waals surface area contributed by atoms with Gasteiger partial charge in [0, 0.05) is 6.42 Å². The molecule has 53 heavy (non-hydrogen) atoms. The second-order valence-corrected chi connectivity index (χ2v) is 15.1. The van der Waals surface area contributed by atoms with Crippen molar-refractivity contribution in [3.8, 4) is 0 Å². The molecule has 0 saturated carbocycles. The first-order chi connectivity index (χ1) is 26.0. The van der Waals surface area contributed by atoms with Crippen LogP contribution in [-0.4, -0.2) is 46.9 Å². The molecule has 0 spiro atoms. The summed E-state index contributed by atoms with van der Waals surface area (Å²) in [5, 5.41) is 23.6. The van der Waals surface area contributed by atoms with E-state index in [1.807, 2.05) is 0 Å². The molecule has 0 heterocycles. The number of aliphatic hydroxyl groups is 2. The van der Waals surface area contributed by atoms with Gasteiger partial charge in [0.1, 0.15) is 6.10 Å². The predicted octanol–water partition coefficient (Wildman–Crippen LogP) is 12.7. The smallest absolute Gasteiger partial charge is 0.306 e. The minimum Gasteiger partial charge on any atom is -0.462 e. The second kappa shape index (κ2) is 41.0. The molecule has 0 radical (unpaired) electrons. The number of hydrogen-bond acceptors (Lipinski definition) is 5. The Balaban J connectivity index is 4.66. The normalized spacial score (nSPS) is 13.8. The number of amides is 1. The Bertz CT molecular complexity index is 926. The van der Waals surface area contributed by atoms with Crippen LogP contribution in [0.3, 0.4) is 0 Å². The summed E-state index contributed by atoms with van der Waals surface area (Å²) < 4.78 is 5.88. The maximum Gasteiger partial charge on any atom is 0.306 e. The minimum absolute atomic E-state index is 0.0602. The van der Waals surface area contributed by atoms with Crippen LogP contribution >= 0.6 is 0 Å². The zero-order valence-electron chi connectivity index (χ0n) is 34.9. The fourth-order valence-corrected chi connectivity index (χ4v) is 6.54. The van der Waals surface area contributed by atoms with E-state index in [0.717, 1.165) is 89.9 Å². The van der Waals surface area contributed by atoms with Crippen LogP contribution in [0.15, 0.2) is 48.6 Å². The molecule has 0 aromatic rings. The maximum absolute atomic E-state index is 13.1. The molecule has 0 bridgehead atoms. The SMILES string of the molecule is CC/C=C/C=C/C=C/CCCCCCCC(CC(=O)NC(CO)C(O)CCCCCCCCCCC)OC(=O)CCCCCCC/C=C\CCCCC. The van der Waals surface area contributed by atoms with E-state index in [1.54, 1.807) is 0 Å². The number of carbonyl (C=O) groups is 2. The quantitative estimate of drug-likeness (QED) is 0.0252. The van der Waals surface area contributed by atoms with Crippen LogP contribution < -0.4 is 5.32 Å². The van der Waals surface area contributed by atoms with Gasteiger partial charge in [-0.1, -0.05) is 179 Å². The summed E-state index contributed by atoms with van der Waals surface area (Å²) in [5.41, 5.74) is 0. The molecular formula is C47H85NO5. The van der Waals surface area contributed by atoms with Gasteiger partial charge >= 0.3 is 5.97 Å². The molecule has 1 amide bonds. The third kappa shape index (κ3) is 36.6. The number of esters is 1. The topological polar surface area (TPSA) is 95.9 Å². The summed E-state index contributed by atoms with van der Waals surface area (Å²) in [6.45, 7) is 6.28. The van der Waals surface area contributed by atoms with Gasteiger partial charge in [-0.25, -0.2) is 0 Å². The fraction of sp³-hybridized carbons (Fsp3) is 0.787. The molecule has 0 aliphatic rings. The lowest BCUT2D eigenvalue weighted by Crippen LogP contribution is -2.46. The highest BCUT2D eigenvalue weighted by Crippen LogP contribution is 2.17. The fourth-order valence-electron chi connectivity index (χ4n) is 6.54. The number of unbranched alkanes of at least 4 members (excludes halogenated alkanes) is 21. The second-order valence-electron chi connectivity index (χ2n) is 15.1. The number of allylic oxidation sites excluding steroid dienone is 8. The highest BCUT2D eigenvalue weighted by Gasteiger charge is 2.24. The van der Waals surface area contributed by atoms with Crippen LogP contribution in [-0.2, 0) is 14.3 Å². The van der Waals surface area contributed by atoms with Gasteiger partial charge in [-0.05, 0) is 70.6 Å². The lowest BCUT2D eigenvalue weighted by Gasteiger charge is -2.24. The summed E-state index contributed by atoms with van der Waals surface area (Å²) >= 11 is 0. The van der Waals surface area contributed by atoms with Crippen molar-refractivity contribution >= 4 is 11.9 Å². The molecular weight excluding hydrogens is 659 g/mol. The van der Waals surface area contributed by atoms with E-state index < -0.39 is 18.2 Å². The zero-order chi connectivity index (χ0) is 38.9. The van der Waals surface area contributed by atoms with Crippen LogP contribution in [0.1, 0.15) is 213 Å². The molecule has 0 saturated heterocycles. The van der Waals surface area contributed by atoms with Crippen molar-refractivity contribution in [2.24, 2.45) is 0 Å². The Kier molecular flexibility index (Phi) is 39.3. The number of nitrogens with one attached hydrogen (secondary N) is 1. The molecule has 0 rings (SSSR count). The molecule has 6 nitrogen and oxygen atoms in total. The highest BCUT2D eigenvalue weighted by molar-refractivity contribution is 5.77. The van der Waals surface area contributed by atoms with Crippen molar-refractivity contribution in [3.05, 3.63) is 48.6 Å². The Morgan fingerprint density at radius 1 is 0.566 bits per heavy atom. The molecule has 3 N–H and O–H groups in total. The molecule has 6 heteroatoms. The standard InChI is InChI=1S/C47H85NO5/c1-4-7-10-13-16-19-21-23-24-27-29-32-35-38-43(53-47(52)40-37-34-31-28-25-22-20-17-14-11-8-5-2)41-46(51)48-44(42-49)45(50)39-36-33-30-26-18-15-12-9-6-3/h7,10,13,16-17,19-21,43-45,49-50H,4-6,8-9,11-12,14-15,18,22-42H2,1-3H3,(H,48,51)/b10-7+,16-13+,20-17-,21-19+. The van der Waals surface area contributed by atoms with Crippen LogP contribution in [0.4, 0.5) is 0 Å².